The predicted molar refractivity (Wildman–Crippen MR) is 122 cm³/mol. The van der Waals surface area contributed by atoms with E-state index >= 15 is 0 Å². The highest BCUT2D eigenvalue weighted by Gasteiger charge is 2.24. The van der Waals surface area contributed by atoms with Gasteiger partial charge in [0.05, 0.1) is 21.4 Å². The van der Waals surface area contributed by atoms with Gasteiger partial charge in [-0.15, -0.1) is 0 Å². The van der Waals surface area contributed by atoms with Crippen molar-refractivity contribution in [2.75, 3.05) is 13.1 Å². The van der Waals surface area contributed by atoms with E-state index < -0.39 is 0 Å². The number of nitrogens with one attached hydrogen (secondary N) is 1. The second kappa shape index (κ2) is 8.98. The molecule has 2 heterocycles. The zero-order chi connectivity index (χ0) is 21.3. The molecule has 30 heavy (non-hydrogen) atoms. The maximum atomic E-state index is 13.0. The Bertz CT molecular complexity index is 1070. The van der Waals surface area contributed by atoms with Crippen molar-refractivity contribution in [3.63, 3.8) is 0 Å². The summed E-state index contributed by atoms with van der Waals surface area (Å²) in [5.74, 6) is -0.219. The number of hydrogen-bond donors (Lipinski definition) is 1. The minimum atomic E-state index is -0.219. The Morgan fingerprint density at radius 2 is 1.67 bits per heavy atom. The molecule has 0 bridgehead atoms. The third-order valence-corrected chi connectivity index (χ3v) is 6.21. The van der Waals surface area contributed by atoms with Gasteiger partial charge in [-0.05, 0) is 50.1 Å². The Hall–Kier alpha value is -2.05. The summed E-state index contributed by atoms with van der Waals surface area (Å²) in [6.45, 7) is 3.60. The molecule has 1 aromatic heterocycles. The minimum absolute atomic E-state index is 0.219. The van der Waals surface area contributed by atoms with E-state index in [0.717, 1.165) is 48.4 Å². The molecular formula is C22H21Cl3N4O. The summed E-state index contributed by atoms with van der Waals surface area (Å²) in [7, 11) is 0. The highest BCUT2D eigenvalue weighted by atomic mass is 35.5. The molecule has 8 heteroatoms. The SMILES string of the molecule is Cc1c(C(=O)NN2CCCCC2)nn(-c2ccc(Cl)c(Cl)c2)c1-c1ccc(Cl)cc1. The van der Waals surface area contributed by atoms with Gasteiger partial charge in [0.1, 0.15) is 0 Å². The number of carbonyl (C=O) groups is 1. The molecule has 0 aliphatic carbocycles. The van der Waals surface area contributed by atoms with Crippen LogP contribution < -0.4 is 5.43 Å². The van der Waals surface area contributed by atoms with E-state index in [1.165, 1.54) is 6.42 Å². The van der Waals surface area contributed by atoms with E-state index in [4.69, 9.17) is 34.8 Å². The first-order valence-electron chi connectivity index (χ1n) is 9.81. The molecule has 1 amide bonds. The molecular weight excluding hydrogens is 443 g/mol. The molecule has 0 spiro atoms. The molecule has 1 saturated heterocycles. The zero-order valence-corrected chi connectivity index (χ0v) is 18.7. The Morgan fingerprint density at radius 3 is 2.33 bits per heavy atom. The van der Waals surface area contributed by atoms with E-state index in [9.17, 15) is 4.79 Å². The molecule has 1 aliphatic rings. The number of benzene rings is 2. The number of halogens is 3. The largest absolute Gasteiger partial charge is 0.286 e. The van der Waals surface area contributed by atoms with Crippen molar-refractivity contribution in [3.05, 3.63) is 68.8 Å². The summed E-state index contributed by atoms with van der Waals surface area (Å²) >= 11 is 18.4. The van der Waals surface area contributed by atoms with Crippen molar-refractivity contribution < 1.29 is 4.79 Å². The van der Waals surface area contributed by atoms with Gasteiger partial charge in [0.15, 0.2) is 5.69 Å². The lowest BCUT2D eigenvalue weighted by molar-refractivity contribution is 0.0743. The number of carbonyl (C=O) groups excluding carboxylic acids is 1. The average Bonchev–Trinajstić information content (AvgIpc) is 3.09. The number of aromatic nitrogens is 2. The number of rotatable bonds is 4. The molecule has 0 atom stereocenters. The number of nitrogens with zero attached hydrogens (tertiary/aromatic N) is 3. The van der Waals surface area contributed by atoms with Crippen molar-refractivity contribution in [2.24, 2.45) is 0 Å². The van der Waals surface area contributed by atoms with E-state index in [-0.39, 0.29) is 5.91 Å². The average molecular weight is 464 g/mol. The summed E-state index contributed by atoms with van der Waals surface area (Å²) in [6.07, 6.45) is 3.35. The molecule has 1 fully saturated rings. The van der Waals surface area contributed by atoms with Crippen molar-refractivity contribution in [2.45, 2.75) is 26.2 Å². The zero-order valence-electron chi connectivity index (χ0n) is 16.5. The van der Waals surface area contributed by atoms with Crippen LogP contribution in [0.25, 0.3) is 16.9 Å². The van der Waals surface area contributed by atoms with Gasteiger partial charge in [-0.1, -0.05) is 53.4 Å². The molecule has 0 unspecified atom stereocenters. The number of amides is 1. The van der Waals surface area contributed by atoms with Crippen LogP contribution >= 0.6 is 34.8 Å². The summed E-state index contributed by atoms with van der Waals surface area (Å²) in [6, 6.07) is 12.7. The second-order valence-electron chi connectivity index (χ2n) is 7.33. The molecule has 4 rings (SSSR count). The minimum Gasteiger partial charge on any atom is -0.283 e. The Labute approximate surface area is 190 Å². The lowest BCUT2D eigenvalue weighted by atomic mass is 10.1. The molecule has 3 aromatic rings. The highest BCUT2D eigenvalue weighted by molar-refractivity contribution is 6.42. The van der Waals surface area contributed by atoms with Gasteiger partial charge in [0.25, 0.3) is 5.91 Å². The molecule has 2 aromatic carbocycles. The van der Waals surface area contributed by atoms with E-state index in [2.05, 4.69) is 10.5 Å². The Balaban J connectivity index is 1.79. The molecule has 0 saturated carbocycles. The first-order valence-corrected chi connectivity index (χ1v) is 10.9. The summed E-state index contributed by atoms with van der Waals surface area (Å²) < 4.78 is 1.73. The van der Waals surface area contributed by atoms with Gasteiger partial charge >= 0.3 is 0 Å². The monoisotopic (exact) mass is 462 g/mol. The molecule has 0 radical (unpaired) electrons. The fourth-order valence-electron chi connectivity index (χ4n) is 3.66. The van der Waals surface area contributed by atoms with Crippen LogP contribution in [0.2, 0.25) is 15.1 Å². The highest BCUT2D eigenvalue weighted by Crippen LogP contribution is 2.32. The molecule has 5 nitrogen and oxygen atoms in total. The number of hydrazine groups is 1. The molecule has 1 aliphatic heterocycles. The Kier molecular flexibility index (Phi) is 6.34. The van der Waals surface area contributed by atoms with Crippen LogP contribution in [0.3, 0.4) is 0 Å². The Morgan fingerprint density at radius 1 is 0.967 bits per heavy atom. The fourth-order valence-corrected chi connectivity index (χ4v) is 4.08. The van der Waals surface area contributed by atoms with Crippen molar-refractivity contribution >= 4 is 40.7 Å². The van der Waals surface area contributed by atoms with Crippen molar-refractivity contribution in [1.29, 1.82) is 0 Å². The normalized spacial score (nSPS) is 14.7. The quantitative estimate of drug-likeness (QED) is 0.521. The van der Waals surface area contributed by atoms with Crippen LogP contribution in [0.15, 0.2) is 42.5 Å². The van der Waals surface area contributed by atoms with E-state index in [1.54, 1.807) is 16.8 Å². The summed E-state index contributed by atoms with van der Waals surface area (Å²) in [4.78, 5) is 13.0. The van der Waals surface area contributed by atoms with Crippen molar-refractivity contribution in [3.8, 4) is 16.9 Å². The number of piperidine rings is 1. The number of hydrogen-bond acceptors (Lipinski definition) is 3. The van der Waals surface area contributed by atoms with Gasteiger partial charge in [0, 0.05) is 29.2 Å². The van der Waals surface area contributed by atoms with Crippen LogP contribution in [0, 0.1) is 6.92 Å². The van der Waals surface area contributed by atoms with Crippen LogP contribution in [0.4, 0.5) is 0 Å². The molecule has 1 N–H and O–H groups in total. The van der Waals surface area contributed by atoms with Crippen LogP contribution in [0.1, 0.15) is 35.3 Å². The predicted octanol–water partition coefficient (Wildman–Crippen LogP) is 5.94. The first-order chi connectivity index (χ1) is 14.4. The van der Waals surface area contributed by atoms with Gasteiger partial charge < -0.3 is 0 Å². The third kappa shape index (κ3) is 4.35. The van der Waals surface area contributed by atoms with Crippen LogP contribution in [-0.2, 0) is 0 Å². The van der Waals surface area contributed by atoms with E-state index in [1.807, 2.05) is 42.3 Å². The maximum Gasteiger partial charge on any atom is 0.286 e. The first kappa shape index (κ1) is 21.2. The van der Waals surface area contributed by atoms with Gasteiger partial charge in [-0.3, -0.25) is 10.2 Å². The van der Waals surface area contributed by atoms with Crippen molar-refractivity contribution in [1.82, 2.24) is 20.2 Å². The van der Waals surface area contributed by atoms with Crippen LogP contribution in [0.5, 0.6) is 0 Å². The summed E-state index contributed by atoms with van der Waals surface area (Å²) in [5, 5.41) is 8.14. The van der Waals surface area contributed by atoms with Gasteiger partial charge in [-0.2, -0.15) is 5.10 Å². The smallest absolute Gasteiger partial charge is 0.283 e. The lowest BCUT2D eigenvalue weighted by Crippen LogP contribution is -2.45. The third-order valence-electron chi connectivity index (χ3n) is 5.22. The topological polar surface area (TPSA) is 50.2 Å². The van der Waals surface area contributed by atoms with Gasteiger partial charge in [-0.25, -0.2) is 9.69 Å². The van der Waals surface area contributed by atoms with Crippen LogP contribution in [-0.4, -0.2) is 33.8 Å². The molecule has 156 valence electrons. The maximum absolute atomic E-state index is 13.0. The van der Waals surface area contributed by atoms with Gasteiger partial charge in [0.2, 0.25) is 0 Å². The fraction of sp³-hybridized carbons (Fsp3) is 0.273. The van der Waals surface area contributed by atoms with E-state index in [0.29, 0.717) is 20.8 Å². The standard InChI is InChI=1S/C22H21Cl3N4O/c1-14-20(22(30)27-28-11-3-2-4-12-28)26-29(17-9-10-18(24)19(25)13-17)21(14)15-5-7-16(23)8-6-15/h5-10,13H,2-4,11-12H2,1H3,(H,27,30). The second-order valence-corrected chi connectivity index (χ2v) is 8.58. The lowest BCUT2D eigenvalue weighted by Gasteiger charge is -2.26. The summed E-state index contributed by atoms with van der Waals surface area (Å²) in [5.41, 5.74) is 6.56.